The van der Waals surface area contributed by atoms with Crippen molar-refractivity contribution in [3.05, 3.63) is 70.4 Å². The van der Waals surface area contributed by atoms with Gasteiger partial charge in [0.05, 0.1) is 18.2 Å². The first-order chi connectivity index (χ1) is 11.3. The zero-order chi connectivity index (χ0) is 19.5. The van der Waals surface area contributed by atoms with Crippen molar-refractivity contribution in [1.82, 2.24) is 9.97 Å². The van der Waals surface area contributed by atoms with Crippen LogP contribution in [0.1, 0.15) is 11.3 Å². The average Bonchev–Trinajstić information content (AvgIpc) is 2.60. The molecule has 0 saturated heterocycles. The molecule has 1 aromatic carbocycles. The van der Waals surface area contributed by atoms with Gasteiger partial charge in [-0.15, -0.1) is 0 Å². The lowest BCUT2D eigenvalue weighted by Gasteiger charge is -1.96. The van der Waals surface area contributed by atoms with Crippen molar-refractivity contribution < 1.29 is 25.9 Å². The van der Waals surface area contributed by atoms with E-state index < -0.39 is 25.9 Å². The molecule has 0 saturated carbocycles. The topological polar surface area (TPSA) is 152 Å². The van der Waals surface area contributed by atoms with Crippen LogP contribution in [0, 0.1) is 0 Å². The summed E-state index contributed by atoms with van der Waals surface area (Å²) < 4.78 is 51.7. The van der Waals surface area contributed by atoms with Crippen LogP contribution in [0.2, 0.25) is 0 Å². The lowest BCUT2D eigenvalue weighted by atomic mass is 10.1. The van der Waals surface area contributed by atoms with Gasteiger partial charge in [0.25, 0.3) is 20.2 Å². The van der Waals surface area contributed by atoms with Gasteiger partial charge in [-0.25, -0.2) is 9.78 Å². The molecule has 25 heavy (non-hydrogen) atoms. The third kappa shape index (κ3) is 19.7. The molecule has 1 aromatic heterocycles. The Labute approximate surface area is 145 Å². The molecule has 0 amide bonds. The summed E-state index contributed by atoms with van der Waals surface area (Å²) >= 11 is 0. The lowest BCUT2D eigenvalue weighted by molar-refractivity contribution is 0.488. The normalized spacial score (nSPS) is 10.6. The molecule has 0 unspecified atom stereocenters. The monoisotopic (exact) mass is 390 g/mol. The molecule has 0 aliphatic carbocycles. The summed E-state index contributed by atoms with van der Waals surface area (Å²) in [6.07, 6.45) is 3.55. The quantitative estimate of drug-likeness (QED) is 0.695. The van der Waals surface area contributed by atoms with Gasteiger partial charge in [-0.2, -0.15) is 21.8 Å². The molecular formula is C14H18N2O7S2. The molecule has 0 aliphatic heterocycles. The summed E-state index contributed by atoms with van der Waals surface area (Å²) in [6.45, 7) is 0. The van der Waals surface area contributed by atoms with Crippen LogP contribution >= 0.6 is 0 Å². The second-order valence-electron chi connectivity index (χ2n) is 4.65. The van der Waals surface area contributed by atoms with Crippen LogP contribution in [0.15, 0.2) is 53.5 Å². The van der Waals surface area contributed by atoms with Crippen LogP contribution in [0.3, 0.4) is 0 Å². The summed E-state index contributed by atoms with van der Waals surface area (Å²) in [5.74, 6) is 0. The van der Waals surface area contributed by atoms with E-state index >= 15 is 0 Å². The fourth-order valence-electron chi connectivity index (χ4n) is 1.35. The molecular weight excluding hydrogens is 372 g/mol. The van der Waals surface area contributed by atoms with Gasteiger partial charge >= 0.3 is 5.69 Å². The van der Waals surface area contributed by atoms with E-state index in [9.17, 15) is 21.6 Å². The Morgan fingerprint density at radius 3 is 1.84 bits per heavy atom. The van der Waals surface area contributed by atoms with E-state index in [1.54, 1.807) is 12.1 Å². The molecule has 11 heteroatoms. The molecule has 1 heterocycles. The maximum atomic E-state index is 11.1. The van der Waals surface area contributed by atoms with Gasteiger partial charge in [-0.3, -0.25) is 9.11 Å². The minimum Gasteiger partial charge on any atom is -0.286 e. The predicted octanol–water partition coefficient (Wildman–Crippen LogP) is 0.436. The van der Waals surface area contributed by atoms with Crippen LogP contribution in [0.5, 0.6) is 0 Å². The van der Waals surface area contributed by atoms with Crippen LogP contribution < -0.4 is 5.69 Å². The number of hydrogen-bond donors (Lipinski definition) is 2. The number of benzene rings is 1. The summed E-state index contributed by atoms with van der Waals surface area (Å²) in [5, 5.41) is 0. The molecule has 0 fully saturated rings. The van der Waals surface area contributed by atoms with Crippen molar-refractivity contribution in [2.75, 3.05) is 12.5 Å². The third-order valence-electron chi connectivity index (χ3n) is 2.03. The largest absolute Gasteiger partial charge is 0.367 e. The first-order valence-electron chi connectivity index (χ1n) is 6.55. The van der Waals surface area contributed by atoms with E-state index in [1.807, 2.05) is 30.3 Å². The van der Waals surface area contributed by atoms with Gasteiger partial charge in [-0.1, -0.05) is 30.3 Å². The van der Waals surface area contributed by atoms with E-state index in [4.69, 9.17) is 9.11 Å². The van der Waals surface area contributed by atoms with Gasteiger partial charge in [0, 0.05) is 12.6 Å². The van der Waals surface area contributed by atoms with Crippen molar-refractivity contribution in [2.24, 2.45) is 0 Å². The van der Waals surface area contributed by atoms with E-state index in [0.29, 0.717) is 18.9 Å². The highest BCUT2D eigenvalue weighted by Crippen LogP contribution is 2.04. The maximum Gasteiger partial charge on any atom is 0.367 e. The van der Waals surface area contributed by atoms with Crippen molar-refractivity contribution in [3.8, 4) is 0 Å². The summed E-state index contributed by atoms with van der Waals surface area (Å²) in [7, 11) is -7.33. The Hall–Kier alpha value is -2.21. The average molecular weight is 390 g/mol. The Kier molecular flexibility index (Phi) is 9.67. The molecule has 2 rings (SSSR count). The van der Waals surface area contributed by atoms with Crippen molar-refractivity contribution in [1.29, 1.82) is 0 Å². The highest BCUT2D eigenvalue weighted by molar-refractivity contribution is 7.85. The van der Waals surface area contributed by atoms with Crippen molar-refractivity contribution >= 4 is 20.2 Å². The molecule has 0 atom stereocenters. The Morgan fingerprint density at radius 1 is 0.880 bits per heavy atom. The third-order valence-corrected chi connectivity index (χ3v) is 2.03. The fourth-order valence-corrected chi connectivity index (χ4v) is 1.35. The number of nitrogens with zero attached hydrogens (tertiary/aromatic N) is 2. The molecule has 138 valence electrons. The second kappa shape index (κ2) is 10.6. The van der Waals surface area contributed by atoms with Crippen molar-refractivity contribution in [3.63, 3.8) is 0 Å². The Morgan fingerprint density at radius 2 is 1.36 bits per heavy atom. The molecule has 2 N–H and O–H groups in total. The molecule has 0 aliphatic rings. The van der Waals surface area contributed by atoms with Crippen molar-refractivity contribution in [2.45, 2.75) is 6.42 Å². The first kappa shape index (κ1) is 22.8. The number of aromatic nitrogens is 2. The van der Waals surface area contributed by atoms with Gasteiger partial charge in [0.2, 0.25) is 0 Å². The molecule has 0 radical (unpaired) electrons. The standard InChI is InChI=1S/C12H10N2O.2CH4O3S/c15-12-13-8-4-7-11(14-12)9-10-5-2-1-3-6-10;2*1-5(2,3)4/h1-8H,9H2;2*1H3,(H,2,3,4). The van der Waals surface area contributed by atoms with E-state index in [0.717, 1.165) is 11.3 Å². The van der Waals surface area contributed by atoms with Gasteiger partial charge in [-0.05, 0) is 17.7 Å². The highest BCUT2D eigenvalue weighted by Gasteiger charge is 1.96. The predicted molar refractivity (Wildman–Crippen MR) is 92.5 cm³/mol. The Bertz CT molecular complexity index is 869. The molecule has 2 aromatic rings. The molecule has 0 bridgehead atoms. The maximum absolute atomic E-state index is 11.1. The number of hydrogen-bond acceptors (Lipinski definition) is 7. The van der Waals surface area contributed by atoms with E-state index in [1.165, 1.54) is 6.20 Å². The molecule has 0 spiro atoms. The van der Waals surface area contributed by atoms with E-state index in [2.05, 4.69) is 9.97 Å². The summed E-state index contributed by atoms with van der Waals surface area (Å²) in [6, 6.07) is 13.4. The van der Waals surface area contributed by atoms with Crippen LogP contribution in [-0.2, 0) is 26.7 Å². The van der Waals surface area contributed by atoms with Crippen LogP contribution in [0.25, 0.3) is 0 Å². The first-order valence-corrected chi connectivity index (χ1v) is 10.3. The second-order valence-corrected chi connectivity index (χ2v) is 7.58. The lowest BCUT2D eigenvalue weighted by Crippen LogP contribution is -2.07. The van der Waals surface area contributed by atoms with Gasteiger partial charge in [0.1, 0.15) is 0 Å². The zero-order valence-corrected chi connectivity index (χ0v) is 15.1. The summed E-state index contributed by atoms with van der Waals surface area (Å²) in [4.78, 5) is 18.5. The van der Waals surface area contributed by atoms with Gasteiger partial charge in [0.15, 0.2) is 0 Å². The fraction of sp³-hybridized carbons (Fsp3) is 0.214. The minimum atomic E-state index is -3.67. The van der Waals surface area contributed by atoms with Crippen LogP contribution in [0.4, 0.5) is 0 Å². The van der Waals surface area contributed by atoms with E-state index in [-0.39, 0.29) is 0 Å². The minimum absolute atomic E-state index is 0.439. The SMILES string of the molecule is CS(=O)(=O)O.CS(=O)(=O)O.O=c1ncccc(Cc2ccccc2)n1. The zero-order valence-electron chi connectivity index (χ0n) is 13.5. The Balaban J connectivity index is 0.000000480. The highest BCUT2D eigenvalue weighted by atomic mass is 32.2. The summed E-state index contributed by atoms with van der Waals surface area (Å²) in [5.41, 5.74) is 1.44. The molecule has 9 nitrogen and oxygen atoms in total. The number of rotatable bonds is 2. The van der Waals surface area contributed by atoms with Gasteiger partial charge < -0.3 is 0 Å². The van der Waals surface area contributed by atoms with Crippen LogP contribution in [-0.4, -0.2) is 48.4 Å². The smallest absolute Gasteiger partial charge is 0.286 e.